The van der Waals surface area contributed by atoms with E-state index in [9.17, 15) is 9.18 Å². The fourth-order valence-electron chi connectivity index (χ4n) is 2.45. The molecule has 134 valence electrons. The Bertz CT molecular complexity index is 1010. The molecule has 0 aliphatic carbocycles. The van der Waals surface area contributed by atoms with Crippen LogP contribution in [0, 0.1) is 19.7 Å². The average molecular weight is 418 g/mol. The van der Waals surface area contributed by atoms with Crippen LogP contribution in [0.5, 0.6) is 5.88 Å². The number of halogens is 2. The van der Waals surface area contributed by atoms with Gasteiger partial charge in [-0.15, -0.1) is 0 Å². The van der Waals surface area contributed by atoms with E-state index >= 15 is 0 Å². The Hall–Kier alpha value is -2.54. The number of nitrogens with zero attached hydrogens (tertiary/aromatic N) is 2. The Labute approximate surface area is 158 Å². The number of fused-ring (bicyclic) bond motifs is 1. The Morgan fingerprint density at radius 3 is 2.42 bits per heavy atom. The normalized spacial score (nSPS) is 10.8. The largest absolute Gasteiger partial charge is 0.476 e. The number of hydrogen-bond donors (Lipinski definition) is 1. The molecule has 2 aromatic carbocycles. The second-order valence-electron chi connectivity index (χ2n) is 5.81. The highest BCUT2D eigenvalue weighted by Gasteiger charge is 2.19. The minimum absolute atomic E-state index is 0.0184. The Kier molecular flexibility index (Phi) is 5.18. The van der Waals surface area contributed by atoms with E-state index < -0.39 is 11.7 Å². The standard InChI is InChI=1S/C19H17BrFN3O2/c1-4-26-19-17(18(25)23-14-6-5-12(20)9-13(14)21)22-15-7-10(2)11(3)8-16(15)24-19/h5-9H,4H2,1-3H3,(H,23,25). The van der Waals surface area contributed by atoms with Crippen molar-refractivity contribution in [3.8, 4) is 5.88 Å². The van der Waals surface area contributed by atoms with Crippen LogP contribution in [0.2, 0.25) is 0 Å². The maximum Gasteiger partial charge on any atom is 0.280 e. The number of ether oxygens (including phenoxy) is 1. The van der Waals surface area contributed by atoms with E-state index in [1.807, 2.05) is 26.0 Å². The molecule has 0 saturated carbocycles. The fraction of sp³-hybridized carbons (Fsp3) is 0.211. The number of anilines is 1. The second kappa shape index (κ2) is 7.37. The summed E-state index contributed by atoms with van der Waals surface area (Å²) in [6.45, 7) is 6.07. The molecule has 0 spiro atoms. The Balaban J connectivity index is 2.04. The second-order valence-corrected chi connectivity index (χ2v) is 6.73. The van der Waals surface area contributed by atoms with E-state index in [0.29, 0.717) is 22.1 Å². The molecule has 3 rings (SSSR count). The number of amides is 1. The van der Waals surface area contributed by atoms with Crippen molar-refractivity contribution >= 4 is 38.6 Å². The predicted molar refractivity (Wildman–Crippen MR) is 102 cm³/mol. The quantitative estimate of drug-likeness (QED) is 0.661. The number of rotatable bonds is 4. The molecule has 0 saturated heterocycles. The zero-order valence-electron chi connectivity index (χ0n) is 14.6. The third-order valence-electron chi connectivity index (χ3n) is 3.92. The molecule has 1 amide bonds. The molecular weight excluding hydrogens is 401 g/mol. The molecule has 1 heterocycles. The highest BCUT2D eigenvalue weighted by atomic mass is 79.9. The van der Waals surface area contributed by atoms with E-state index in [-0.39, 0.29) is 17.3 Å². The lowest BCUT2D eigenvalue weighted by atomic mass is 10.1. The number of hydrogen-bond acceptors (Lipinski definition) is 4. The minimum atomic E-state index is -0.581. The molecule has 1 N–H and O–H groups in total. The summed E-state index contributed by atoms with van der Waals surface area (Å²) in [5.41, 5.74) is 3.41. The molecule has 0 radical (unpaired) electrons. The lowest BCUT2D eigenvalue weighted by Crippen LogP contribution is -2.17. The summed E-state index contributed by atoms with van der Waals surface area (Å²) >= 11 is 3.18. The molecule has 0 aliphatic rings. The first-order valence-electron chi connectivity index (χ1n) is 8.07. The van der Waals surface area contributed by atoms with Gasteiger partial charge in [0.1, 0.15) is 5.82 Å². The van der Waals surface area contributed by atoms with Crippen molar-refractivity contribution in [3.05, 3.63) is 57.4 Å². The van der Waals surface area contributed by atoms with Gasteiger partial charge >= 0.3 is 0 Å². The van der Waals surface area contributed by atoms with E-state index in [1.54, 1.807) is 13.0 Å². The molecule has 0 aliphatic heterocycles. The Morgan fingerprint density at radius 1 is 1.15 bits per heavy atom. The number of aromatic nitrogens is 2. The number of benzene rings is 2. The number of nitrogens with one attached hydrogen (secondary N) is 1. The van der Waals surface area contributed by atoms with E-state index in [0.717, 1.165) is 11.1 Å². The summed E-state index contributed by atoms with van der Waals surface area (Å²) in [5.74, 6) is -1.01. The van der Waals surface area contributed by atoms with Crippen LogP contribution in [0.4, 0.5) is 10.1 Å². The monoisotopic (exact) mass is 417 g/mol. The number of aryl methyl sites for hydroxylation is 2. The van der Waals surface area contributed by atoms with E-state index in [1.165, 1.54) is 12.1 Å². The third kappa shape index (κ3) is 3.67. The summed E-state index contributed by atoms with van der Waals surface area (Å²) in [6.07, 6.45) is 0. The van der Waals surface area contributed by atoms with Crippen LogP contribution in [0.25, 0.3) is 11.0 Å². The van der Waals surface area contributed by atoms with Crippen LogP contribution in [-0.2, 0) is 0 Å². The summed E-state index contributed by atoms with van der Waals surface area (Å²) in [4.78, 5) is 21.5. The minimum Gasteiger partial charge on any atom is -0.476 e. The van der Waals surface area contributed by atoms with Crippen molar-refractivity contribution in [1.82, 2.24) is 9.97 Å². The van der Waals surface area contributed by atoms with Crippen molar-refractivity contribution in [2.24, 2.45) is 0 Å². The van der Waals surface area contributed by atoms with Gasteiger partial charge in [0.2, 0.25) is 5.88 Å². The van der Waals surface area contributed by atoms with Gasteiger partial charge in [-0.1, -0.05) is 15.9 Å². The van der Waals surface area contributed by atoms with Crippen LogP contribution in [0.1, 0.15) is 28.5 Å². The molecule has 1 aromatic heterocycles. The summed E-state index contributed by atoms with van der Waals surface area (Å²) in [6, 6.07) is 8.15. The third-order valence-corrected chi connectivity index (χ3v) is 4.42. The first-order valence-corrected chi connectivity index (χ1v) is 8.86. The van der Waals surface area contributed by atoms with Gasteiger partial charge in [-0.3, -0.25) is 4.79 Å². The molecule has 7 heteroatoms. The zero-order chi connectivity index (χ0) is 18.8. The molecular formula is C19H17BrFN3O2. The maximum atomic E-state index is 14.0. The lowest BCUT2D eigenvalue weighted by molar-refractivity contribution is 0.101. The van der Waals surface area contributed by atoms with Gasteiger partial charge in [-0.25, -0.2) is 14.4 Å². The van der Waals surface area contributed by atoms with Gasteiger partial charge in [0.15, 0.2) is 5.69 Å². The van der Waals surface area contributed by atoms with Gasteiger partial charge < -0.3 is 10.1 Å². The maximum absolute atomic E-state index is 14.0. The SMILES string of the molecule is CCOc1nc2cc(C)c(C)cc2nc1C(=O)Nc1ccc(Br)cc1F. The first-order chi connectivity index (χ1) is 12.4. The fourth-order valence-corrected chi connectivity index (χ4v) is 2.79. The highest BCUT2D eigenvalue weighted by molar-refractivity contribution is 9.10. The van der Waals surface area contributed by atoms with Crippen molar-refractivity contribution < 1.29 is 13.9 Å². The molecule has 0 atom stereocenters. The van der Waals surface area contributed by atoms with Gasteiger partial charge in [-0.05, 0) is 62.2 Å². The smallest absolute Gasteiger partial charge is 0.280 e. The topological polar surface area (TPSA) is 64.1 Å². The van der Waals surface area contributed by atoms with Crippen molar-refractivity contribution in [3.63, 3.8) is 0 Å². The molecule has 0 fully saturated rings. The van der Waals surface area contributed by atoms with E-state index in [2.05, 4.69) is 31.2 Å². The Morgan fingerprint density at radius 2 is 1.81 bits per heavy atom. The molecule has 5 nitrogen and oxygen atoms in total. The van der Waals surface area contributed by atoms with Crippen molar-refractivity contribution in [2.45, 2.75) is 20.8 Å². The van der Waals surface area contributed by atoms with Crippen LogP contribution in [0.3, 0.4) is 0 Å². The van der Waals surface area contributed by atoms with Crippen LogP contribution < -0.4 is 10.1 Å². The first kappa shape index (κ1) is 18.3. The number of carbonyl (C=O) groups excluding carboxylic acids is 1. The van der Waals surface area contributed by atoms with Crippen molar-refractivity contribution in [1.29, 1.82) is 0 Å². The summed E-state index contributed by atoms with van der Waals surface area (Å²) in [7, 11) is 0. The van der Waals surface area contributed by atoms with Crippen molar-refractivity contribution in [2.75, 3.05) is 11.9 Å². The molecule has 0 unspecified atom stereocenters. The van der Waals surface area contributed by atoms with Crippen LogP contribution in [0.15, 0.2) is 34.8 Å². The zero-order valence-corrected chi connectivity index (χ0v) is 16.1. The molecule has 3 aromatic rings. The van der Waals surface area contributed by atoms with Gasteiger partial charge in [0, 0.05) is 4.47 Å². The molecule has 26 heavy (non-hydrogen) atoms. The lowest BCUT2D eigenvalue weighted by Gasteiger charge is -2.12. The van der Waals surface area contributed by atoms with Gasteiger partial charge in [0.05, 0.1) is 23.3 Å². The molecule has 0 bridgehead atoms. The average Bonchev–Trinajstić information content (AvgIpc) is 2.58. The van der Waals surface area contributed by atoms with Crippen LogP contribution in [-0.4, -0.2) is 22.5 Å². The highest BCUT2D eigenvalue weighted by Crippen LogP contribution is 2.24. The number of carbonyl (C=O) groups is 1. The van der Waals surface area contributed by atoms with E-state index in [4.69, 9.17) is 4.74 Å². The van der Waals surface area contributed by atoms with Gasteiger partial charge in [0.25, 0.3) is 5.91 Å². The predicted octanol–water partition coefficient (Wildman–Crippen LogP) is 4.80. The summed E-state index contributed by atoms with van der Waals surface area (Å²) in [5, 5.41) is 2.53. The van der Waals surface area contributed by atoms with Gasteiger partial charge in [-0.2, -0.15) is 0 Å². The van der Waals surface area contributed by atoms with Crippen LogP contribution >= 0.6 is 15.9 Å². The summed E-state index contributed by atoms with van der Waals surface area (Å²) < 4.78 is 20.1.